The van der Waals surface area contributed by atoms with Gasteiger partial charge in [0.15, 0.2) is 0 Å². The monoisotopic (exact) mass is 228 g/mol. The molecular formula is C11H20N2O3. The maximum atomic E-state index is 11.7. The Morgan fingerprint density at radius 2 is 2.00 bits per heavy atom. The minimum absolute atomic E-state index is 0.0104. The molecule has 1 saturated carbocycles. The molecule has 1 amide bonds. The third kappa shape index (κ3) is 2.95. The normalized spacial score (nSPS) is 20.0. The highest BCUT2D eigenvalue weighted by atomic mass is 16.4. The maximum Gasteiger partial charge on any atom is 0.305 e. The average Bonchev–Trinajstić information content (AvgIpc) is 2.11. The van der Waals surface area contributed by atoms with Gasteiger partial charge in [0, 0.05) is 0 Å². The number of carbonyl (C=O) groups excluding carboxylic acids is 1. The molecule has 0 aromatic carbocycles. The van der Waals surface area contributed by atoms with Crippen LogP contribution in [0.1, 0.15) is 39.5 Å². The van der Waals surface area contributed by atoms with Gasteiger partial charge in [0.1, 0.15) is 0 Å². The third-order valence-corrected chi connectivity index (χ3v) is 3.21. The average molecular weight is 228 g/mol. The number of nitrogens with two attached hydrogens (primary N) is 1. The van der Waals surface area contributed by atoms with Crippen LogP contribution in [-0.4, -0.2) is 28.6 Å². The van der Waals surface area contributed by atoms with E-state index in [1.54, 1.807) is 0 Å². The van der Waals surface area contributed by atoms with E-state index < -0.39 is 17.6 Å². The first-order valence-corrected chi connectivity index (χ1v) is 5.66. The minimum atomic E-state index is -0.877. The lowest BCUT2D eigenvalue weighted by Gasteiger charge is -2.42. The number of carbonyl (C=O) groups is 2. The van der Waals surface area contributed by atoms with Crippen molar-refractivity contribution in [2.75, 3.05) is 0 Å². The van der Waals surface area contributed by atoms with Gasteiger partial charge < -0.3 is 16.2 Å². The van der Waals surface area contributed by atoms with Crippen molar-refractivity contribution >= 4 is 11.9 Å². The van der Waals surface area contributed by atoms with Crippen molar-refractivity contribution in [3.8, 4) is 0 Å². The molecule has 0 spiro atoms. The summed E-state index contributed by atoms with van der Waals surface area (Å²) in [6.07, 6.45) is 2.42. The summed E-state index contributed by atoms with van der Waals surface area (Å²) < 4.78 is 0. The molecule has 0 aromatic rings. The van der Waals surface area contributed by atoms with E-state index in [1.165, 1.54) is 0 Å². The fraction of sp³-hybridized carbons (Fsp3) is 0.818. The van der Waals surface area contributed by atoms with E-state index in [2.05, 4.69) is 5.32 Å². The molecule has 1 aliphatic rings. The van der Waals surface area contributed by atoms with E-state index >= 15 is 0 Å². The zero-order chi connectivity index (χ0) is 12.3. The van der Waals surface area contributed by atoms with Crippen molar-refractivity contribution in [2.24, 2.45) is 11.7 Å². The summed E-state index contributed by atoms with van der Waals surface area (Å²) in [5, 5.41) is 11.6. The number of hydrogen-bond acceptors (Lipinski definition) is 3. The van der Waals surface area contributed by atoms with E-state index in [4.69, 9.17) is 10.8 Å². The molecule has 0 saturated heterocycles. The largest absolute Gasteiger partial charge is 0.481 e. The van der Waals surface area contributed by atoms with Gasteiger partial charge in [0.2, 0.25) is 5.91 Å². The van der Waals surface area contributed by atoms with Gasteiger partial charge in [-0.15, -0.1) is 0 Å². The summed E-state index contributed by atoms with van der Waals surface area (Å²) in [5.74, 6) is -1.06. The van der Waals surface area contributed by atoms with Crippen LogP contribution in [0.15, 0.2) is 0 Å². The summed E-state index contributed by atoms with van der Waals surface area (Å²) in [5.41, 5.74) is 5.17. The van der Waals surface area contributed by atoms with Crippen LogP contribution in [-0.2, 0) is 9.59 Å². The Morgan fingerprint density at radius 3 is 2.31 bits per heavy atom. The van der Waals surface area contributed by atoms with Gasteiger partial charge in [0.05, 0.1) is 18.0 Å². The lowest BCUT2D eigenvalue weighted by Crippen LogP contribution is -2.59. The van der Waals surface area contributed by atoms with Gasteiger partial charge >= 0.3 is 5.97 Å². The first kappa shape index (κ1) is 13.0. The molecule has 5 nitrogen and oxygen atoms in total. The number of rotatable bonds is 5. The Hall–Kier alpha value is -1.10. The predicted molar refractivity (Wildman–Crippen MR) is 59.8 cm³/mol. The molecule has 92 valence electrons. The Morgan fingerprint density at radius 1 is 1.44 bits per heavy atom. The molecule has 0 aromatic heterocycles. The van der Waals surface area contributed by atoms with Crippen LogP contribution >= 0.6 is 0 Å². The van der Waals surface area contributed by atoms with Gasteiger partial charge in [-0.1, -0.05) is 13.8 Å². The zero-order valence-corrected chi connectivity index (χ0v) is 9.82. The van der Waals surface area contributed by atoms with E-state index in [0.717, 1.165) is 19.3 Å². The molecule has 0 heterocycles. The Kier molecular flexibility index (Phi) is 3.91. The lowest BCUT2D eigenvalue weighted by molar-refractivity contribution is -0.140. The molecule has 0 radical (unpaired) electrons. The number of hydrogen-bond donors (Lipinski definition) is 3. The smallest absolute Gasteiger partial charge is 0.305 e. The molecule has 16 heavy (non-hydrogen) atoms. The summed E-state index contributed by atoms with van der Waals surface area (Å²) in [7, 11) is 0. The van der Waals surface area contributed by atoms with E-state index in [9.17, 15) is 9.59 Å². The van der Waals surface area contributed by atoms with Gasteiger partial charge in [-0.05, 0) is 25.2 Å². The summed E-state index contributed by atoms with van der Waals surface area (Å²) >= 11 is 0. The Bertz CT molecular complexity index is 285. The molecule has 0 aliphatic heterocycles. The number of nitrogens with one attached hydrogen (secondary N) is 1. The topological polar surface area (TPSA) is 92.4 Å². The quantitative estimate of drug-likeness (QED) is 0.638. The minimum Gasteiger partial charge on any atom is -0.481 e. The maximum absolute atomic E-state index is 11.7. The fourth-order valence-corrected chi connectivity index (χ4v) is 1.89. The van der Waals surface area contributed by atoms with Crippen LogP contribution in [0.5, 0.6) is 0 Å². The SMILES string of the molecule is CC(C)[C@@H](N)C(=O)NC1(CC(=O)O)CCC1. The zero-order valence-electron chi connectivity index (χ0n) is 9.82. The highest BCUT2D eigenvalue weighted by Gasteiger charge is 2.41. The number of carboxylic acid groups (broad SMARTS) is 1. The van der Waals surface area contributed by atoms with Crippen molar-refractivity contribution in [2.45, 2.75) is 51.1 Å². The van der Waals surface area contributed by atoms with Crippen LogP contribution < -0.4 is 11.1 Å². The molecule has 5 heteroatoms. The van der Waals surface area contributed by atoms with E-state index in [0.29, 0.717) is 0 Å². The lowest BCUT2D eigenvalue weighted by atomic mass is 9.74. The molecule has 1 aliphatic carbocycles. The molecule has 1 rings (SSSR count). The number of carboxylic acids is 1. The van der Waals surface area contributed by atoms with Crippen molar-refractivity contribution in [3.63, 3.8) is 0 Å². The van der Waals surface area contributed by atoms with Crippen LogP contribution in [0.25, 0.3) is 0 Å². The first-order chi connectivity index (χ1) is 7.36. The van der Waals surface area contributed by atoms with Crippen molar-refractivity contribution in [3.05, 3.63) is 0 Å². The second-order valence-electron chi connectivity index (χ2n) is 4.96. The van der Waals surface area contributed by atoms with Crippen molar-refractivity contribution in [1.29, 1.82) is 0 Å². The van der Waals surface area contributed by atoms with Gasteiger partial charge in [-0.25, -0.2) is 0 Å². The molecule has 0 bridgehead atoms. The summed E-state index contributed by atoms with van der Waals surface area (Å²) in [4.78, 5) is 22.5. The van der Waals surface area contributed by atoms with E-state index in [1.807, 2.05) is 13.8 Å². The molecule has 1 atom stereocenters. The summed E-state index contributed by atoms with van der Waals surface area (Å²) in [6, 6.07) is -0.564. The molecule has 4 N–H and O–H groups in total. The highest BCUT2D eigenvalue weighted by Crippen LogP contribution is 2.35. The van der Waals surface area contributed by atoms with Crippen LogP contribution in [0.4, 0.5) is 0 Å². The highest BCUT2D eigenvalue weighted by molar-refractivity contribution is 5.83. The van der Waals surface area contributed by atoms with E-state index in [-0.39, 0.29) is 18.2 Å². The van der Waals surface area contributed by atoms with Gasteiger partial charge in [-0.2, -0.15) is 0 Å². The second-order valence-corrected chi connectivity index (χ2v) is 4.96. The van der Waals surface area contributed by atoms with Gasteiger partial charge in [0.25, 0.3) is 0 Å². The number of amides is 1. The van der Waals surface area contributed by atoms with Crippen LogP contribution in [0.2, 0.25) is 0 Å². The van der Waals surface area contributed by atoms with Crippen LogP contribution in [0, 0.1) is 5.92 Å². The Labute approximate surface area is 95.4 Å². The standard InChI is InChI=1S/C11H20N2O3/c1-7(2)9(12)10(16)13-11(4-3-5-11)6-8(14)15/h7,9H,3-6,12H2,1-2H3,(H,13,16)(H,14,15)/t9-/m1/s1. The van der Waals surface area contributed by atoms with Crippen molar-refractivity contribution < 1.29 is 14.7 Å². The first-order valence-electron chi connectivity index (χ1n) is 5.66. The van der Waals surface area contributed by atoms with Gasteiger partial charge in [-0.3, -0.25) is 9.59 Å². The predicted octanol–water partition coefficient (Wildman–Crippen LogP) is 0.483. The second kappa shape index (κ2) is 4.82. The Balaban J connectivity index is 2.56. The van der Waals surface area contributed by atoms with Crippen molar-refractivity contribution in [1.82, 2.24) is 5.32 Å². The molecule has 0 unspecified atom stereocenters. The van der Waals surface area contributed by atoms with Crippen LogP contribution in [0.3, 0.4) is 0 Å². The molecule has 1 fully saturated rings. The third-order valence-electron chi connectivity index (χ3n) is 3.21. The fourth-order valence-electron chi connectivity index (χ4n) is 1.89. The number of aliphatic carboxylic acids is 1. The summed E-state index contributed by atoms with van der Waals surface area (Å²) in [6.45, 7) is 3.74. The molecular weight excluding hydrogens is 208 g/mol.